The van der Waals surface area contributed by atoms with Crippen LogP contribution in [0.25, 0.3) is 5.69 Å². The fraction of sp³-hybridized carbons (Fsp3) is 0.333. The molecular weight excluding hydrogens is 379 g/mol. The molecule has 0 bridgehead atoms. The molecular formula is C18H16F3N3O4. The van der Waals surface area contributed by atoms with Crippen LogP contribution in [-0.4, -0.2) is 44.3 Å². The summed E-state index contributed by atoms with van der Waals surface area (Å²) in [5.41, 5.74) is -2.60. The minimum atomic E-state index is -4.67. The predicted molar refractivity (Wildman–Crippen MR) is 91.3 cm³/mol. The zero-order valence-electron chi connectivity index (χ0n) is 14.7. The normalized spacial score (nSPS) is 14.0. The number of hydrogen-bond acceptors (Lipinski definition) is 4. The van der Waals surface area contributed by atoms with Crippen LogP contribution in [0.4, 0.5) is 13.2 Å². The van der Waals surface area contributed by atoms with Crippen molar-refractivity contribution in [2.75, 3.05) is 6.54 Å². The largest absolute Gasteiger partial charge is 0.480 e. The molecule has 1 heterocycles. The van der Waals surface area contributed by atoms with E-state index >= 15 is 0 Å². The SMILES string of the molecule is Cc1cc(=O)c(C(=O)N(CC(=O)O)C2CC2)nn1-c1ccccc1C(F)(F)F. The van der Waals surface area contributed by atoms with Crippen molar-refractivity contribution in [2.24, 2.45) is 0 Å². The second kappa shape index (κ2) is 7.10. The number of aromatic nitrogens is 2. The van der Waals surface area contributed by atoms with Gasteiger partial charge in [-0.15, -0.1) is 0 Å². The van der Waals surface area contributed by atoms with Gasteiger partial charge in [0.15, 0.2) is 5.69 Å². The van der Waals surface area contributed by atoms with Gasteiger partial charge in [0.2, 0.25) is 5.43 Å². The molecule has 0 atom stereocenters. The number of carbonyl (C=O) groups excluding carboxylic acids is 1. The highest BCUT2D eigenvalue weighted by Crippen LogP contribution is 2.33. The molecule has 0 saturated heterocycles. The maximum absolute atomic E-state index is 13.3. The highest BCUT2D eigenvalue weighted by molar-refractivity contribution is 5.94. The Hall–Kier alpha value is -3.17. The summed E-state index contributed by atoms with van der Waals surface area (Å²) in [5.74, 6) is -2.16. The summed E-state index contributed by atoms with van der Waals surface area (Å²) in [6.07, 6.45) is -3.48. The maximum Gasteiger partial charge on any atom is 0.418 e. The highest BCUT2D eigenvalue weighted by Gasteiger charge is 2.37. The molecule has 1 aliphatic carbocycles. The highest BCUT2D eigenvalue weighted by atomic mass is 19.4. The lowest BCUT2D eigenvalue weighted by molar-refractivity contribution is -0.138. The first-order valence-electron chi connectivity index (χ1n) is 8.40. The molecule has 1 fully saturated rings. The van der Waals surface area contributed by atoms with E-state index in [1.807, 2.05) is 0 Å². The number of carboxylic acids is 1. The van der Waals surface area contributed by atoms with Gasteiger partial charge in [-0.1, -0.05) is 12.1 Å². The van der Waals surface area contributed by atoms with Gasteiger partial charge in [0.1, 0.15) is 6.54 Å². The molecule has 1 aromatic carbocycles. The number of halogens is 3. The fourth-order valence-corrected chi connectivity index (χ4v) is 2.87. The van der Waals surface area contributed by atoms with Gasteiger partial charge < -0.3 is 10.0 Å². The molecule has 2 aromatic rings. The number of aryl methyl sites for hydroxylation is 1. The number of rotatable bonds is 5. The first-order valence-corrected chi connectivity index (χ1v) is 8.40. The summed E-state index contributed by atoms with van der Waals surface area (Å²) in [7, 11) is 0. The van der Waals surface area contributed by atoms with Crippen LogP contribution in [0.15, 0.2) is 35.1 Å². The Labute approximate surface area is 157 Å². The van der Waals surface area contributed by atoms with Gasteiger partial charge in [-0.3, -0.25) is 14.4 Å². The van der Waals surface area contributed by atoms with Gasteiger partial charge in [0.25, 0.3) is 5.91 Å². The van der Waals surface area contributed by atoms with E-state index in [0.29, 0.717) is 12.8 Å². The van der Waals surface area contributed by atoms with Crippen LogP contribution in [0.2, 0.25) is 0 Å². The van der Waals surface area contributed by atoms with Crippen molar-refractivity contribution in [2.45, 2.75) is 32.0 Å². The third-order valence-electron chi connectivity index (χ3n) is 4.30. The summed E-state index contributed by atoms with van der Waals surface area (Å²) >= 11 is 0. The van der Waals surface area contributed by atoms with Crippen molar-refractivity contribution in [1.82, 2.24) is 14.7 Å². The third-order valence-corrected chi connectivity index (χ3v) is 4.30. The summed E-state index contributed by atoms with van der Waals surface area (Å²) in [4.78, 5) is 37.1. The molecule has 10 heteroatoms. The zero-order chi connectivity index (χ0) is 20.6. The quantitative estimate of drug-likeness (QED) is 0.838. The lowest BCUT2D eigenvalue weighted by Crippen LogP contribution is -2.41. The van der Waals surface area contributed by atoms with E-state index in [2.05, 4.69) is 5.10 Å². The topological polar surface area (TPSA) is 92.5 Å². The smallest absolute Gasteiger partial charge is 0.418 e. The van der Waals surface area contributed by atoms with Crippen molar-refractivity contribution in [3.63, 3.8) is 0 Å². The van der Waals surface area contributed by atoms with Crippen LogP contribution in [0.1, 0.15) is 34.6 Å². The van der Waals surface area contributed by atoms with Crippen LogP contribution in [-0.2, 0) is 11.0 Å². The number of nitrogens with zero attached hydrogens (tertiary/aromatic N) is 3. The van der Waals surface area contributed by atoms with Crippen molar-refractivity contribution in [1.29, 1.82) is 0 Å². The predicted octanol–water partition coefficient (Wildman–Crippen LogP) is 2.25. The van der Waals surface area contributed by atoms with Crippen LogP contribution >= 0.6 is 0 Å². The minimum Gasteiger partial charge on any atom is -0.480 e. The van der Waals surface area contributed by atoms with Crippen LogP contribution in [0, 0.1) is 6.92 Å². The van der Waals surface area contributed by atoms with Crippen molar-refractivity contribution < 1.29 is 27.9 Å². The van der Waals surface area contributed by atoms with Crippen molar-refractivity contribution in [3.05, 3.63) is 57.5 Å². The third kappa shape index (κ3) is 3.90. The number of aliphatic carboxylic acids is 1. The molecule has 1 amide bonds. The van der Waals surface area contributed by atoms with Gasteiger partial charge in [-0.05, 0) is 31.9 Å². The number of carbonyl (C=O) groups is 2. The van der Waals surface area contributed by atoms with E-state index in [-0.39, 0.29) is 17.4 Å². The van der Waals surface area contributed by atoms with E-state index < -0.39 is 41.3 Å². The molecule has 1 aromatic heterocycles. The number of alkyl halides is 3. The fourth-order valence-electron chi connectivity index (χ4n) is 2.87. The lowest BCUT2D eigenvalue weighted by atomic mass is 10.1. The molecule has 0 aliphatic heterocycles. The monoisotopic (exact) mass is 395 g/mol. The Kier molecular flexibility index (Phi) is 4.97. The molecule has 1 aliphatic rings. The first kappa shape index (κ1) is 19.6. The van der Waals surface area contributed by atoms with Gasteiger partial charge in [0.05, 0.1) is 11.3 Å². The van der Waals surface area contributed by atoms with E-state index in [0.717, 1.165) is 21.7 Å². The van der Waals surface area contributed by atoms with Crippen LogP contribution in [0.5, 0.6) is 0 Å². The molecule has 28 heavy (non-hydrogen) atoms. The molecule has 148 valence electrons. The molecule has 0 unspecified atom stereocenters. The average molecular weight is 395 g/mol. The molecule has 3 rings (SSSR count). The number of amides is 1. The number of carboxylic acid groups (broad SMARTS) is 1. The Morgan fingerprint density at radius 3 is 2.50 bits per heavy atom. The molecule has 7 nitrogen and oxygen atoms in total. The van der Waals surface area contributed by atoms with E-state index in [9.17, 15) is 27.6 Å². The molecule has 1 N–H and O–H groups in total. The second-order valence-electron chi connectivity index (χ2n) is 6.48. The second-order valence-corrected chi connectivity index (χ2v) is 6.48. The summed E-state index contributed by atoms with van der Waals surface area (Å²) in [6.45, 7) is 0.781. The Bertz CT molecular complexity index is 996. The summed E-state index contributed by atoms with van der Waals surface area (Å²) in [6, 6.07) is 5.35. The number of para-hydroxylation sites is 1. The van der Waals surface area contributed by atoms with E-state index in [4.69, 9.17) is 5.11 Å². The van der Waals surface area contributed by atoms with Gasteiger partial charge in [0, 0.05) is 17.8 Å². The number of benzene rings is 1. The minimum absolute atomic E-state index is 0.106. The van der Waals surface area contributed by atoms with E-state index in [1.54, 1.807) is 0 Å². The van der Waals surface area contributed by atoms with Crippen LogP contribution < -0.4 is 5.43 Å². The number of hydrogen-bond donors (Lipinski definition) is 1. The molecule has 1 saturated carbocycles. The van der Waals surface area contributed by atoms with Gasteiger partial charge >= 0.3 is 12.1 Å². The van der Waals surface area contributed by atoms with Gasteiger partial charge in [-0.25, -0.2) is 4.68 Å². The molecule has 0 radical (unpaired) electrons. The maximum atomic E-state index is 13.3. The standard InChI is InChI=1S/C18H16F3N3O4/c1-10-8-14(25)16(17(28)23(9-15(26)27)11-6-7-11)22-24(10)13-5-3-2-4-12(13)18(19,20)21/h2-5,8,11H,6-7,9H2,1H3,(H,26,27). The first-order chi connectivity index (χ1) is 13.1. The van der Waals surface area contributed by atoms with Gasteiger partial charge in [-0.2, -0.15) is 18.3 Å². The summed E-state index contributed by atoms with van der Waals surface area (Å²) in [5, 5.41) is 12.9. The Balaban J connectivity index is 2.11. The van der Waals surface area contributed by atoms with Crippen molar-refractivity contribution >= 4 is 11.9 Å². The Morgan fingerprint density at radius 1 is 1.29 bits per heavy atom. The van der Waals surface area contributed by atoms with E-state index in [1.165, 1.54) is 25.1 Å². The molecule has 0 spiro atoms. The van der Waals surface area contributed by atoms with Crippen LogP contribution in [0.3, 0.4) is 0 Å². The zero-order valence-corrected chi connectivity index (χ0v) is 14.7. The Morgan fingerprint density at radius 2 is 1.93 bits per heavy atom. The van der Waals surface area contributed by atoms with Crippen molar-refractivity contribution in [3.8, 4) is 5.69 Å². The summed E-state index contributed by atoms with van der Waals surface area (Å²) < 4.78 is 40.9. The average Bonchev–Trinajstić information content (AvgIpc) is 3.43. The lowest BCUT2D eigenvalue weighted by Gasteiger charge is -2.21.